The van der Waals surface area contributed by atoms with Crippen molar-refractivity contribution in [2.45, 2.75) is 6.42 Å². The summed E-state index contributed by atoms with van der Waals surface area (Å²) in [5, 5.41) is 3.25. The molecular formula is C22H23Cl2FN4O. The Kier molecular flexibility index (Phi) is 8.72. The second-order valence-corrected chi connectivity index (χ2v) is 6.78. The Balaban J connectivity index is 0.00000160. The standard InChI is InChI=1S/C22H21FN4O.2ClH/c23-19-7-5-17(6-8-19)20-9-10-25-21(26-20)15-16-1-3-18(4-2-16)22(28)27-13-11-24-12-14-27;;/h1-10,24H,11-15H2;2*1H. The quantitative estimate of drug-likeness (QED) is 0.659. The number of aromatic nitrogens is 2. The summed E-state index contributed by atoms with van der Waals surface area (Å²) in [5.74, 6) is 0.485. The Labute approximate surface area is 187 Å². The molecule has 5 nitrogen and oxygen atoms in total. The predicted molar refractivity (Wildman–Crippen MR) is 120 cm³/mol. The fourth-order valence-electron chi connectivity index (χ4n) is 3.26. The molecule has 0 radical (unpaired) electrons. The number of hydrogen-bond donors (Lipinski definition) is 1. The van der Waals surface area contributed by atoms with E-state index in [1.54, 1.807) is 18.3 Å². The van der Waals surface area contributed by atoms with Crippen LogP contribution in [0.4, 0.5) is 4.39 Å². The van der Waals surface area contributed by atoms with Crippen LogP contribution in [0.2, 0.25) is 0 Å². The summed E-state index contributed by atoms with van der Waals surface area (Å²) in [7, 11) is 0. The number of amides is 1. The number of halogens is 3. The first-order chi connectivity index (χ1) is 13.7. The Hall–Kier alpha value is -2.54. The van der Waals surface area contributed by atoms with Crippen molar-refractivity contribution in [2.75, 3.05) is 26.2 Å². The Morgan fingerprint density at radius 3 is 2.30 bits per heavy atom. The van der Waals surface area contributed by atoms with Gasteiger partial charge in [0.25, 0.3) is 5.91 Å². The normalized spacial score (nSPS) is 13.2. The first-order valence-electron chi connectivity index (χ1n) is 9.36. The maximum atomic E-state index is 13.1. The van der Waals surface area contributed by atoms with Gasteiger partial charge in [0, 0.05) is 49.9 Å². The highest BCUT2D eigenvalue weighted by Gasteiger charge is 2.17. The minimum Gasteiger partial charge on any atom is -0.336 e. The summed E-state index contributed by atoms with van der Waals surface area (Å²) in [6, 6.07) is 15.7. The first kappa shape index (κ1) is 23.7. The molecule has 1 N–H and O–H groups in total. The number of carbonyl (C=O) groups excluding carboxylic acids is 1. The molecule has 3 aromatic rings. The maximum absolute atomic E-state index is 13.1. The van der Waals surface area contributed by atoms with Gasteiger partial charge < -0.3 is 10.2 Å². The van der Waals surface area contributed by atoms with Gasteiger partial charge in [0.2, 0.25) is 0 Å². The van der Waals surface area contributed by atoms with Crippen molar-refractivity contribution in [3.63, 3.8) is 0 Å². The SMILES string of the molecule is Cl.Cl.O=C(c1ccc(Cc2nccc(-c3ccc(F)cc3)n2)cc1)N1CCNCC1. The molecule has 2 aromatic carbocycles. The van der Waals surface area contributed by atoms with Crippen LogP contribution in [-0.2, 0) is 6.42 Å². The Bertz CT molecular complexity index is 962. The van der Waals surface area contributed by atoms with E-state index < -0.39 is 0 Å². The highest BCUT2D eigenvalue weighted by molar-refractivity contribution is 5.94. The van der Waals surface area contributed by atoms with Crippen LogP contribution < -0.4 is 5.32 Å². The number of piperazine rings is 1. The lowest BCUT2D eigenvalue weighted by atomic mass is 10.1. The van der Waals surface area contributed by atoms with Crippen molar-refractivity contribution in [1.82, 2.24) is 20.2 Å². The van der Waals surface area contributed by atoms with E-state index in [1.165, 1.54) is 12.1 Å². The third kappa shape index (κ3) is 5.75. The summed E-state index contributed by atoms with van der Waals surface area (Å²) in [6.45, 7) is 3.16. The first-order valence-corrected chi connectivity index (χ1v) is 9.36. The smallest absolute Gasteiger partial charge is 0.253 e. The second kappa shape index (κ2) is 11.0. The van der Waals surface area contributed by atoms with E-state index in [2.05, 4.69) is 15.3 Å². The predicted octanol–water partition coefficient (Wildman–Crippen LogP) is 3.76. The minimum atomic E-state index is -0.270. The molecule has 1 aliphatic heterocycles. The average molecular weight is 449 g/mol. The van der Waals surface area contributed by atoms with Crippen molar-refractivity contribution >= 4 is 30.7 Å². The van der Waals surface area contributed by atoms with Crippen molar-refractivity contribution < 1.29 is 9.18 Å². The lowest BCUT2D eigenvalue weighted by Gasteiger charge is -2.27. The zero-order chi connectivity index (χ0) is 19.3. The van der Waals surface area contributed by atoms with Gasteiger partial charge in [-0.1, -0.05) is 12.1 Å². The Morgan fingerprint density at radius 1 is 0.967 bits per heavy atom. The van der Waals surface area contributed by atoms with Crippen molar-refractivity contribution in [2.24, 2.45) is 0 Å². The Morgan fingerprint density at radius 2 is 1.63 bits per heavy atom. The monoisotopic (exact) mass is 448 g/mol. The number of rotatable bonds is 4. The van der Waals surface area contributed by atoms with Gasteiger partial charge in [0.1, 0.15) is 11.6 Å². The minimum absolute atomic E-state index is 0. The third-order valence-electron chi connectivity index (χ3n) is 4.81. The van der Waals surface area contributed by atoms with Crippen LogP contribution in [0.25, 0.3) is 11.3 Å². The van der Waals surface area contributed by atoms with Crippen molar-refractivity contribution in [3.05, 3.63) is 83.6 Å². The summed E-state index contributed by atoms with van der Waals surface area (Å²) in [6.07, 6.45) is 2.28. The molecule has 0 unspecified atom stereocenters. The van der Waals surface area contributed by atoms with Gasteiger partial charge in [-0.25, -0.2) is 14.4 Å². The van der Waals surface area contributed by atoms with Crippen molar-refractivity contribution in [3.8, 4) is 11.3 Å². The van der Waals surface area contributed by atoms with Gasteiger partial charge in [0.15, 0.2) is 0 Å². The number of hydrogen-bond acceptors (Lipinski definition) is 4. The number of nitrogens with one attached hydrogen (secondary N) is 1. The molecule has 0 atom stereocenters. The molecule has 1 aliphatic rings. The molecule has 1 saturated heterocycles. The molecule has 158 valence electrons. The fraction of sp³-hybridized carbons (Fsp3) is 0.227. The molecule has 0 spiro atoms. The summed E-state index contributed by atoms with van der Waals surface area (Å²) in [5.41, 5.74) is 3.34. The van der Waals surface area contributed by atoms with Gasteiger partial charge in [-0.15, -0.1) is 24.8 Å². The van der Waals surface area contributed by atoms with Crippen molar-refractivity contribution in [1.29, 1.82) is 0 Å². The van der Waals surface area contributed by atoms with Gasteiger partial charge in [0.05, 0.1) is 5.69 Å². The molecule has 2 heterocycles. The van der Waals surface area contributed by atoms with Crippen LogP contribution in [0, 0.1) is 5.82 Å². The van der Waals surface area contributed by atoms with E-state index in [9.17, 15) is 9.18 Å². The molecule has 0 aliphatic carbocycles. The van der Waals surface area contributed by atoms with E-state index in [-0.39, 0.29) is 36.5 Å². The average Bonchev–Trinajstić information content (AvgIpc) is 2.75. The third-order valence-corrected chi connectivity index (χ3v) is 4.81. The highest BCUT2D eigenvalue weighted by atomic mass is 35.5. The van der Waals surface area contributed by atoms with E-state index >= 15 is 0 Å². The molecule has 0 bridgehead atoms. The number of benzene rings is 2. The molecule has 4 rings (SSSR count). The van der Waals surface area contributed by atoms with Gasteiger partial charge in [-0.3, -0.25) is 4.79 Å². The lowest BCUT2D eigenvalue weighted by molar-refractivity contribution is 0.0736. The van der Waals surface area contributed by atoms with Crippen LogP contribution in [0.5, 0.6) is 0 Å². The largest absolute Gasteiger partial charge is 0.336 e. The van der Waals surface area contributed by atoms with Crippen LogP contribution in [-0.4, -0.2) is 47.0 Å². The van der Waals surface area contributed by atoms with Gasteiger partial charge in [-0.05, 0) is 48.0 Å². The van der Waals surface area contributed by atoms with Crippen LogP contribution in [0.15, 0.2) is 60.8 Å². The van der Waals surface area contributed by atoms with Crippen LogP contribution in [0.1, 0.15) is 21.7 Å². The molecular weight excluding hydrogens is 426 g/mol. The maximum Gasteiger partial charge on any atom is 0.253 e. The summed E-state index contributed by atoms with van der Waals surface area (Å²) < 4.78 is 13.1. The number of carbonyl (C=O) groups is 1. The van der Waals surface area contributed by atoms with Crippen LogP contribution in [0.3, 0.4) is 0 Å². The zero-order valence-electron chi connectivity index (χ0n) is 16.3. The molecule has 1 amide bonds. The summed E-state index contributed by atoms with van der Waals surface area (Å²) >= 11 is 0. The molecule has 8 heteroatoms. The number of nitrogens with zero attached hydrogens (tertiary/aromatic N) is 3. The molecule has 1 fully saturated rings. The van der Waals surface area contributed by atoms with Gasteiger partial charge >= 0.3 is 0 Å². The summed E-state index contributed by atoms with van der Waals surface area (Å²) in [4.78, 5) is 23.3. The van der Waals surface area contributed by atoms with Gasteiger partial charge in [-0.2, -0.15) is 0 Å². The van der Waals surface area contributed by atoms with E-state index in [0.717, 1.165) is 43.0 Å². The van der Waals surface area contributed by atoms with E-state index in [4.69, 9.17) is 0 Å². The highest BCUT2D eigenvalue weighted by Crippen LogP contribution is 2.18. The van der Waals surface area contributed by atoms with Crippen LogP contribution >= 0.6 is 24.8 Å². The molecule has 30 heavy (non-hydrogen) atoms. The van der Waals surface area contributed by atoms with E-state index in [1.807, 2.05) is 35.2 Å². The topological polar surface area (TPSA) is 58.1 Å². The zero-order valence-corrected chi connectivity index (χ0v) is 17.9. The molecule has 1 aromatic heterocycles. The lowest BCUT2D eigenvalue weighted by Crippen LogP contribution is -2.46. The second-order valence-electron chi connectivity index (χ2n) is 6.78. The van der Waals surface area contributed by atoms with E-state index in [0.29, 0.717) is 17.8 Å². The molecule has 0 saturated carbocycles. The fourth-order valence-corrected chi connectivity index (χ4v) is 3.26.